The van der Waals surface area contributed by atoms with E-state index in [0.29, 0.717) is 17.9 Å². The van der Waals surface area contributed by atoms with Crippen LogP contribution >= 0.6 is 0 Å². The van der Waals surface area contributed by atoms with Gasteiger partial charge in [-0.2, -0.15) is 0 Å². The second-order valence-electron chi connectivity index (χ2n) is 5.89. The molecule has 0 aliphatic carbocycles. The first-order valence-electron chi connectivity index (χ1n) is 8.27. The largest absolute Gasteiger partial charge is 0.496 e. The van der Waals surface area contributed by atoms with E-state index in [2.05, 4.69) is 20.9 Å². The first-order chi connectivity index (χ1) is 12.5. The Bertz CT molecular complexity index is 783. The van der Waals surface area contributed by atoms with Crippen LogP contribution < -0.4 is 10.1 Å². The highest BCUT2D eigenvalue weighted by atomic mass is 16.5. The van der Waals surface area contributed by atoms with Crippen LogP contribution in [-0.4, -0.2) is 49.7 Å². The van der Waals surface area contributed by atoms with Crippen molar-refractivity contribution < 1.29 is 14.3 Å². The van der Waals surface area contributed by atoms with Gasteiger partial charge in [-0.05, 0) is 29.8 Å². The Morgan fingerprint density at radius 1 is 1.31 bits per heavy atom. The van der Waals surface area contributed by atoms with Crippen molar-refractivity contribution in [3.05, 3.63) is 53.3 Å². The maximum absolute atomic E-state index is 11.9. The van der Waals surface area contributed by atoms with Gasteiger partial charge in [0.25, 0.3) is 0 Å². The van der Waals surface area contributed by atoms with Crippen molar-refractivity contribution in [2.24, 2.45) is 12.0 Å². The summed E-state index contributed by atoms with van der Waals surface area (Å²) in [6.45, 7) is 1.26. The van der Waals surface area contributed by atoms with Crippen LogP contribution in [0, 0.1) is 0 Å². The van der Waals surface area contributed by atoms with Gasteiger partial charge in [0, 0.05) is 39.6 Å². The fourth-order valence-corrected chi connectivity index (χ4v) is 2.68. The van der Waals surface area contributed by atoms with Gasteiger partial charge in [0.05, 0.1) is 20.8 Å². The summed E-state index contributed by atoms with van der Waals surface area (Å²) >= 11 is 0. The Morgan fingerprint density at radius 3 is 2.65 bits per heavy atom. The third-order valence-corrected chi connectivity index (χ3v) is 4.14. The van der Waals surface area contributed by atoms with Crippen LogP contribution in [0.3, 0.4) is 0 Å². The molecule has 0 radical (unpaired) electrons. The number of aryl methyl sites for hydroxylation is 1. The standard InChI is InChI=1S/C19H26N4O3/c1-20-19(23(3)13-15-7-6-10-22(15)2)21-12-14-8-9-17(25-4)16(11-14)18(24)26-5/h6-11H,12-13H2,1-5H3,(H,20,21). The molecule has 0 aliphatic heterocycles. The Morgan fingerprint density at radius 2 is 2.08 bits per heavy atom. The Balaban J connectivity index is 2.06. The fraction of sp³-hybridized carbons (Fsp3) is 0.368. The number of guanidine groups is 1. The number of aromatic nitrogens is 1. The third kappa shape index (κ3) is 4.56. The van der Waals surface area contributed by atoms with Crippen molar-refractivity contribution in [1.82, 2.24) is 14.8 Å². The molecule has 2 rings (SSSR count). The number of carbonyl (C=O) groups is 1. The molecule has 1 aromatic carbocycles. The summed E-state index contributed by atoms with van der Waals surface area (Å²) in [6, 6.07) is 9.53. The number of carbonyl (C=O) groups excluding carboxylic acids is 1. The van der Waals surface area contributed by atoms with Crippen LogP contribution in [-0.2, 0) is 24.9 Å². The number of hydrogen-bond acceptors (Lipinski definition) is 4. The van der Waals surface area contributed by atoms with Crippen molar-refractivity contribution >= 4 is 11.9 Å². The van der Waals surface area contributed by atoms with Crippen molar-refractivity contribution in [3.8, 4) is 5.75 Å². The molecule has 0 aliphatic rings. The molecule has 7 nitrogen and oxygen atoms in total. The zero-order chi connectivity index (χ0) is 19.1. The highest BCUT2D eigenvalue weighted by Gasteiger charge is 2.14. The second-order valence-corrected chi connectivity index (χ2v) is 5.89. The van der Waals surface area contributed by atoms with Crippen molar-refractivity contribution in [2.45, 2.75) is 13.1 Å². The van der Waals surface area contributed by atoms with Gasteiger partial charge in [0.2, 0.25) is 0 Å². The van der Waals surface area contributed by atoms with Gasteiger partial charge in [-0.1, -0.05) is 6.07 Å². The summed E-state index contributed by atoms with van der Waals surface area (Å²) in [7, 11) is 8.63. The van der Waals surface area contributed by atoms with Gasteiger partial charge in [-0.3, -0.25) is 4.99 Å². The summed E-state index contributed by atoms with van der Waals surface area (Å²) < 4.78 is 12.1. The summed E-state index contributed by atoms with van der Waals surface area (Å²) in [6.07, 6.45) is 2.02. The van der Waals surface area contributed by atoms with E-state index in [1.54, 1.807) is 19.2 Å². The van der Waals surface area contributed by atoms with E-state index in [1.165, 1.54) is 19.9 Å². The van der Waals surface area contributed by atoms with Crippen molar-refractivity contribution in [2.75, 3.05) is 28.3 Å². The third-order valence-electron chi connectivity index (χ3n) is 4.14. The number of aliphatic imine (C=N–C) groups is 1. The lowest BCUT2D eigenvalue weighted by Gasteiger charge is -2.22. The molecule has 0 fully saturated rings. The smallest absolute Gasteiger partial charge is 0.341 e. The van der Waals surface area contributed by atoms with Gasteiger partial charge >= 0.3 is 5.97 Å². The zero-order valence-corrected chi connectivity index (χ0v) is 15.9. The minimum atomic E-state index is -0.422. The monoisotopic (exact) mass is 358 g/mol. The molecule has 7 heteroatoms. The van der Waals surface area contributed by atoms with Crippen LogP contribution in [0.25, 0.3) is 0 Å². The average molecular weight is 358 g/mol. The quantitative estimate of drug-likeness (QED) is 0.486. The normalized spacial score (nSPS) is 11.2. The number of ether oxygens (including phenoxy) is 2. The molecule has 0 saturated heterocycles. The van der Waals surface area contributed by atoms with E-state index in [1.807, 2.05) is 37.3 Å². The number of hydrogen-bond donors (Lipinski definition) is 1. The van der Waals surface area contributed by atoms with E-state index >= 15 is 0 Å². The molecule has 1 aromatic heterocycles. The number of esters is 1. The Hall–Kier alpha value is -2.96. The Labute approximate surface area is 154 Å². The van der Waals surface area contributed by atoms with Crippen LogP contribution in [0.2, 0.25) is 0 Å². The molecule has 140 valence electrons. The second kappa shape index (κ2) is 8.94. The SMILES string of the molecule is CN=C(NCc1ccc(OC)c(C(=O)OC)c1)N(C)Cc1cccn1C. The van der Waals surface area contributed by atoms with Gasteiger partial charge < -0.3 is 24.3 Å². The molecule has 0 spiro atoms. The molecular formula is C19H26N4O3. The summed E-state index contributed by atoms with van der Waals surface area (Å²) in [5, 5.41) is 3.31. The van der Waals surface area contributed by atoms with Crippen LogP contribution in [0.15, 0.2) is 41.5 Å². The van der Waals surface area contributed by atoms with Gasteiger partial charge in [0.15, 0.2) is 5.96 Å². The minimum absolute atomic E-state index is 0.404. The molecule has 26 heavy (non-hydrogen) atoms. The van der Waals surface area contributed by atoms with Crippen molar-refractivity contribution in [1.29, 1.82) is 0 Å². The Kier molecular flexibility index (Phi) is 6.66. The fourth-order valence-electron chi connectivity index (χ4n) is 2.68. The van der Waals surface area contributed by atoms with Crippen LogP contribution in [0.5, 0.6) is 5.75 Å². The summed E-state index contributed by atoms with van der Waals surface area (Å²) in [5.41, 5.74) is 2.52. The highest BCUT2D eigenvalue weighted by molar-refractivity contribution is 5.92. The predicted molar refractivity (Wildman–Crippen MR) is 101 cm³/mol. The summed E-state index contributed by atoms with van der Waals surface area (Å²) in [4.78, 5) is 18.3. The van der Waals surface area contributed by atoms with Gasteiger partial charge in [0.1, 0.15) is 11.3 Å². The number of methoxy groups -OCH3 is 2. The molecule has 0 amide bonds. The molecule has 0 bridgehead atoms. The lowest BCUT2D eigenvalue weighted by atomic mass is 10.1. The van der Waals surface area contributed by atoms with Crippen LogP contribution in [0.4, 0.5) is 0 Å². The molecule has 0 atom stereocenters. The maximum atomic E-state index is 11.9. The topological polar surface area (TPSA) is 68.1 Å². The molecule has 1 heterocycles. The number of nitrogens with one attached hydrogen (secondary N) is 1. The molecule has 0 unspecified atom stereocenters. The van der Waals surface area contributed by atoms with E-state index < -0.39 is 5.97 Å². The van der Waals surface area contributed by atoms with Crippen LogP contribution in [0.1, 0.15) is 21.6 Å². The maximum Gasteiger partial charge on any atom is 0.341 e. The average Bonchev–Trinajstić information content (AvgIpc) is 3.06. The number of benzene rings is 1. The highest BCUT2D eigenvalue weighted by Crippen LogP contribution is 2.20. The first-order valence-corrected chi connectivity index (χ1v) is 8.27. The van der Waals surface area contributed by atoms with E-state index in [4.69, 9.17) is 9.47 Å². The molecular weight excluding hydrogens is 332 g/mol. The molecule has 2 aromatic rings. The molecule has 1 N–H and O–H groups in total. The van der Waals surface area contributed by atoms with Gasteiger partial charge in [-0.25, -0.2) is 4.79 Å². The van der Waals surface area contributed by atoms with E-state index in [9.17, 15) is 4.79 Å². The number of nitrogens with zero attached hydrogens (tertiary/aromatic N) is 3. The molecule has 0 saturated carbocycles. The van der Waals surface area contributed by atoms with Crippen molar-refractivity contribution in [3.63, 3.8) is 0 Å². The number of rotatable bonds is 6. The minimum Gasteiger partial charge on any atom is -0.496 e. The predicted octanol–water partition coefficient (Wildman–Crippen LogP) is 2.03. The lowest BCUT2D eigenvalue weighted by molar-refractivity contribution is 0.0597. The zero-order valence-electron chi connectivity index (χ0n) is 15.9. The summed E-state index contributed by atoms with van der Waals surface area (Å²) in [5.74, 6) is 0.835. The lowest BCUT2D eigenvalue weighted by Crippen LogP contribution is -2.38. The van der Waals surface area contributed by atoms with Gasteiger partial charge in [-0.15, -0.1) is 0 Å². The van der Waals surface area contributed by atoms with E-state index in [-0.39, 0.29) is 0 Å². The first kappa shape index (κ1) is 19.4. The van der Waals surface area contributed by atoms with E-state index in [0.717, 1.165) is 18.1 Å².